The Bertz CT molecular complexity index is 497. The van der Waals surface area contributed by atoms with Crippen LogP contribution in [-0.2, 0) is 16.1 Å². The van der Waals surface area contributed by atoms with Gasteiger partial charge in [0.25, 0.3) is 0 Å². The predicted octanol–water partition coefficient (Wildman–Crippen LogP) is 0.895. The molecule has 0 fully saturated rings. The van der Waals surface area contributed by atoms with E-state index in [9.17, 15) is 14.0 Å². The maximum Gasteiger partial charge on any atom is 0.321 e. The summed E-state index contributed by atoms with van der Waals surface area (Å²) < 4.78 is 13.3. The molecule has 110 valence electrons. The number of carbonyl (C=O) groups excluding carboxylic acids is 1. The predicted molar refractivity (Wildman–Crippen MR) is 75.9 cm³/mol. The van der Waals surface area contributed by atoms with Crippen LogP contribution >= 0.6 is 11.8 Å². The number of carbonyl (C=O) groups is 2. The summed E-state index contributed by atoms with van der Waals surface area (Å²) >= 11 is 1.15. The molecule has 20 heavy (non-hydrogen) atoms. The molecule has 0 bridgehead atoms. The summed E-state index contributed by atoms with van der Waals surface area (Å²) in [5.41, 5.74) is 6.53. The van der Waals surface area contributed by atoms with Gasteiger partial charge in [0.2, 0.25) is 5.91 Å². The number of carboxylic acid groups (broad SMARTS) is 1. The van der Waals surface area contributed by atoms with Crippen molar-refractivity contribution in [1.29, 1.82) is 0 Å². The molecule has 0 heterocycles. The van der Waals surface area contributed by atoms with Crippen LogP contribution in [0.25, 0.3) is 0 Å². The van der Waals surface area contributed by atoms with Crippen molar-refractivity contribution in [3.63, 3.8) is 0 Å². The highest BCUT2D eigenvalue weighted by molar-refractivity contribution is 8.00. The number of aryl methyl sites for hydroxylation is 1. The molecule has 1 aromatic rings. The monoisotopic (exact) mass is 300 g/mol. The van der Waals surface area contributed by atoms with E-state index < -0.39 is 12.0 Å². The zero-order valence-corrected chi connectivity index (χ0v) is 11.9. The lowest BCUT2D eigenvalue weighted by Crippen LogP contribution is -2.33. The topological polar surface area (TPSA) is 92.4 Å². The lowest BCUT2D eigenvalue weighted by atomic mass is 10.1. The molecule has 0 aliphatic rings. The summed E-state index contributed by atoms with van der Waals surface area (Å²) in [4.78, 5) is 22.0. The number of halogens is 1. The van der Waals surface area contributed by atoms with Gasteiger partial charge in [0.1, 0.15) is 11.9 Å². The van der Waals surface area contributed by atoms with Crippen LogP contribution in [0.5, 0.6) is 0 Å². The van der Waals surface area contributed by atoms with Gasteiger partial charge in [-0.2, -0.15) is 0 Å². The number of nitrogens with two attached hydrogens (primary N) is 1. The van der Waals surface area contributed by atoms with Gasteiger partial charge < -0.3 is 16.2 Å². The van der Waals surface area contributed by atoms with Gasteiger partial charge in [-0.15, -0.1) is 11.8 Å². The molecule has 0 saturated heterocycles. The molecule has 1 unspecified atom stereocenters. The van der Waals surface area contributed by atoms with Crippen molar-refractivity contribution in [2.45, 2.75) is 19.5 Å². The zero-order valence-electron chi connectivity index (χ0n) is 11.1. The number of thioether (sulfide) groups is 1. The summed E-state index contributed by atoms with van der Waals surface area (Å²) in [6, 6.07) is 3.80. The first-order valence-electron chi connectivity index (χ1n) is 5.98. The SMILES string of the molecule is Cc1ccc(CNC(=O)CSCC(N)C(=O)O)cc1F. The van der Waals surface area contributed by atoms with Gasteiger partial charge in [-0.1, -0.05) is 12.1 Å². The van der Waals surface area contributed by atoms with Crippen LogP contribution in [0.4, 0.5) is 4.39 Å². The molecule has 5 nitrogen and oxygen atoms in total. The minimum atomic E-state index is -1.09. The van der Waals surface area contributed by atoms with Gasteiger partial charge in [0, 0.05) is 12.3 Å². The molecule has 0 aliphatic heterocycles. The van der Waals surface area contributed by atoms with Gasteiger partial charge in [0.15, 0.2) is 0 Å². The maximum atomic E-state index is 13.3. The molecule has 1 atom stereocenters. The molecule has 0 aromatic heterocycles. The van der Waals surface area contributed by atoms with Gasteiger partial charge in [-0.3, -0.25) is 9.59 Å². The first-order valence-corrected chi connectivity index (χ1v) is 7.13. The third-order valence-corrected chi connectivity index (χ3v) is 3.63. The number of benzene rings is 1. The molecular weight excluding hydrogens is 283 g/mol. The summed E-state index contributed by atoms with van der Waals surface area (Å²) in [6.45, 7) is 1.90. The highest BCUT2D eigenvalue weighted by Crippen LogP contribution is 2.09. The Labute approximate surface area is 120 Å². The standard InChI is InChI=1S/C13H17FN2O3S/c1-8-2-3-9(4-10(8)14)5-16-12(17)7-20-6-11(15)13(18)19/h2-4,11H,5-7,15H2,1H3,(H,16,17)(H,18,19). The average molecular weight is 300 g/mol. The molecule has 4 N–H and O–H groups in total. The van der Waals surface area contributed by atoms with Gasteiger partial charge in [-0.25, -0.2) is 4.39 Å². The summed E-state index contributed by atoms with van der Waals surface area (Å²) in [6.07, 6.45) is 0. The van der Waals surface area contributed by atoms with Crippen LogP contribution in [0.3, 0.4) is 0 Å². The number of nitrogens with one attached hydrogen (secondary N) is 1. The number of carboxylic acids is 1. The average Bonchev–Trinajstić information content (AvgIpc) is 2.40. The smallest absolute Gasteiger partial charge is 0.321 e. The van der Waals surface area contributed by atoms with E-state index in [1.54, 1.807) is 19.1 Å². The highest BCUT2D eigenvalue weighted by atomic mass is 32.2. The summed E-state index contributed by atoms with van der Waals surface area (Å²) in [5, 5.41) is 11.2. The molecule has 0 radical (unpaired) electrons. The van der Waals surface area contributed by atoms with Crippen LogP contribution in [-0.4, -0.2) is 34.5 Å². The zero-order chi connectivity index (χ0) is 15.1. The number of aliphatic carboxylic acids is 1. The Morgan fingerprint density at radius 1 is 1.50 bits per heavy atom. The van der Waals surface area contributed by atoms with E-state index in [1.165, 1.54) is 6.07 Å². The fourth-order valence-electron chi connectivity index (χ4n) is 1.35. The Kier molecular flexibility index (Phi) is 6.47. The number of rotatable bonds is 7. The Balaban J connectivity index is 2.29. The second kappa shape index (κ2) is 7.86. The van der Waals surface area contributed by atoms with Crippen LogP contribution in [0.2, 0.25) is 0 Å². The largest absolute Gasteiger partial charge is 0.480 e. The van der Waals surface area contributed by atoms with E-state index in [4.69, 9.17) is 10.8 Å². The van der Waals surface area contributed by atoms with Crippen molar-refractivity contribution in [2.75, 3.05) is 11.5 Å². The number of amides is 1. The lowest BCUT2D eigenvalue weighted by molar-refractivity contribution is -0.138. The normalized spacial score (nSPS) is 11.9. The van der Waals surface area contributed by atoms with Crippen molar-refractivity contribution in [3.8, 4) is 0 Å². The number of hydrogen-bond acceptors (Lipinski definition) is 4. The Morgan fingerprint density at radius 2 is 2.20 bits per heavy atom. The Hall–Kier alpha value is -1.60. The molecule has 7 heteroatoms. The van der Waals surface area contributed by atoms with Gasteiger partial charge in [0.05, 0.1) is 5.75 Å². The third-order valence-electron chi connectivity index (χ3n) is 2.57. The summed E-state index contributed by atoms with van der Waals surface area (Å²) in [5.74, 6) is -1.35. The van der Waals surface area contributed by atoms with Crippen molar-refractivity contribution < 1.29 is 19.1 Å². The fourth-order valence-corrected chi connectivity index (χ4v) is 2.15. The van der Waals surface area contributed by atoms with E-state index >= 15 is 0 Å². The second-order valence-corrected chi connectivity index (χ2v) is 5.35. The first-order chi connectivity index (χ1) is 9.40. The highest BCUT2D eigenvalue weighted by Gasteiger charge is 2.12. The lowest BCUT2D eigenvalue weighted by Gasteiger charge is -2.08. The molecule has 0 aliphatic carbocycles. The van der Waals surface area contributed by atoms with Crippen LogP contribution < -0.4 is 11.1 Å². The van der Waals surface area contributed by atoms with Crippen molar-refractivity contribution in [3.05, 3.63) is 35.1 Å². The van der Waals surface area contributed by atoms with E-state index in [0.29, 0.717) is 11.1 Å². The molecule has 1 rings (SSSR count). The molecule has 1 amide bonds. The minimum Gasteiger partial charge on any atom is -0.480 e. The van der Waals surface area contributed by atoms with E-state index in [1.807, 2.05) is 0 Å². The van der Waals surface area contributed by atoms with Crippen molar-refractivity contribution >= 4 is 23.6 Å². The Morgan fingerprint density at radius 3 is 2.80 bits per heavy atom. The molecule has 0 spiro atoms. The van der Waals surface area contributed by atoms with Crippen molar-refractivity contribution in [1.82, 2.24) is 5.32 Å². The maximum absolute atomic E-state index is 13.3. The fraction of sp³-hybridized carbons (Fsp3) is 0.385. The number of hydrogen-bond donors (Lipinski definition) is 3. The van der Waals surface area contributed by atoms with Crippen molar-refractivity contribution in [2.24, 2.45) is 5.73 Å². The van der Waals surface area contributed by atoms with E-state index in [0.717, 1.165) is 11.8 Å². The molecular formula is C13H17FN2O3S. The molecule has 1 aromatic carbocycles. The van der Waals surface area contributed by atoms with Crippen LogP contribution in [0.1, 0.15) is 11.1 Å². The third kappa shape index (κ3) is 5.58. The quantitative estimate of drug-likeness (QED) is 0.695. The van der Waals surface area contributed by atoms with Crippen LogP contribution in [0.15, 0.2) is 18.2 Å². The van der Waals surface area contributed by atoms with Gasteiger partial charge >= 0.3 is 5.97 Å². The summed E-state index contributed by atoms with van der Waals surface area (Å²) in [7, 11) is 0. The van der Waals surface area contributed by atoms with Gasteiger partial charge in [-0.05, 0) is 24.1 Å². The first kappa shape index (κ1) is 16.5. The van der Waals surface area contributed by atoms with E-state index in [-0.39, 0.29) is 29.8 Å². The second-order valence-electron chi connectivity index (χ2n) is 4.32. The van der Waals surface area contributed by atoms with E-state index in [2.05, 4.69) is 5.32 Å². The van der Waals surface area contributed by atoms with Crippen LogP contribution in [0, 0.1) is 12.7 Å². The molecule has 0 saturated carbocycles. The minimum absolute atomic E-state index is 0.120.